The van der Waals surface area contributed by atoms with Crippen molar-refractivity contribution in [1.82, 2.24) is 0 Å². The second-order valence-corrected chi connectivity index (χ2v) is 8.05. The number of hydrogen-bond donors (Lipinski definition) is 0. The van der Waals surface area contributed by atoms with Crippen LogP contribution in [0.3, 0.4) is 0 Å². The van der Waals surface area contributed by atoms with Gasteiger partial charge in [0.25, 0.3) is 0 Å². The average molecular weight is 382 g/mol. The molecule has 0 bridgehead atoms. The SMILES string of the molecule is COCO[C@H]1CC(C)(C)[C@@H]2C(=O)C=C(C=O)[C@@H]3C(=O)OC[C@@]32[C@H]1OCOC. The van der Waals surface area contributed by atoms with Gasteiger partial charge >= 0.3 is 5.97 Å². The first-order valence-electron chi connectivity index (χ1n) is 8.91. The molecule has 0 radical (unpaired) electrons. The topological polar surface area (TPSA) is 97.4 Å². The minimum absolute atomic E-state index is 0.0112. The first-order valence-corrected chi connectivity index (χ1v) is 8.91. The van der Waals surface area contributed by atoms with Crippen LogP contribution >= 0.6 is 0 Å². The molecule has 150 valence electrons. The molecule has 3 rings (SSSR count). The molecule has 1 saturated heterocycles. The van der Waals surface area contributed by atoms with Crippen LogP contribution in [0.25, 0.3) is 0 Å². The van der Waals surface area contributed by atoms with E-state index in [4.69, 9.17) is 23.7 Å². The van der Waals surface area contributed by atoms with Crippen molar-refractivity contribution in [2.75, 3.05) is 34.4 Å². The van der Waals surface area contributed by atoms with E-state index in [0.717, 1.165) is 0 Å². The van der Waals surface area contributed by atoms with Crippen molar-refractivity contribution in [2.45, 2.75) is 32.5 Å². The van der Waals surface area contributed by atoms with Crippen molar-refractivity contribution in [1.29, 1.82) is 0 Å². The number of ketones is 1. The van der Waals surface area contributed by atoms with Gasteiger partial charge in [0.1, 0.15) is 26.5 Å². The Morgan fingerprint density at radius 1 is 1.19 bits per heavy atom. The predicted molar refractivity (Wildman–Crippen MR) is 91.4 cm³/mol. The highest BCUT2D eigenvalue weighted by molar-refractivity contribution is 6.04. The van der Waals surface area contributed by atoms with E-state index in [1.807, 2.05) is 13.8 Å². The van der Waals surface area contributed by atoms with Gasteiger partial charge in [-0.05, 0) is 17.9 Å². The number of aldehydes is 1. The molecular formula is C19H26O8. The summed E-state index contributed by atoms with van der Waals surface area (Å²) < 4.78 is 27.4. The molecule has 27 heavy (non-hydrogen) atoms. The third kappa shape index (κ3) is 3.04. The molecule has 0 aromatic rings. The molecule has 1 saturated carbocycles. The molecule has 8 nitrogen and oxygen atoms in total. The molecular weight excluding hydrogens is 356 g/mol. The highest BCUT2D eigenvalue weighted by Gasteiger charge is 2.71. The van der Waals surface area contributed by atoms with Crippen molar-refractivity contribution >= 4 is 18.0 Å². The maximum absolute atomic E-state index is 13.0. The fraction of sp³-hybridized carbons (Fsp3) is 0.737. The van der Waals surface area contributed by atoms with E-state index in [-0.39, 0.29) is 31.5 Å². The molecule has 2 aliphatic carbocycles. The summed E-state index contributed by atoms with van der Waals surface area (Å²) in [7, 11) is 3.01. The minimum Gasteiger partial charge on any atom is -0.464 e. The summed E-state index contributed by atoms with van der Waals surface area (Å²) in [6.07, 6.45) is 1.25. The van der Waals surface area contributed by atoms with E-state index >= 15 is 0 Å². The van der Waals surface area contributed by atoms with Gasteiger partial charge in [-0.2, -0.15) is 0 Å². The molecule has 5 atom stereocenters. The first-order chi connectivity index (χ1) is 12.8. The quantitative estimate of drug-likeness (QED) is 0.364. The Kier molecular flexibility index (Phi) is 5.54. The van der Waals surface area contributed by atoms with E-state index in [9.17, 15) is 14.4 Å². The van der Waals surface area contributed by atoms with Crippen molar-refractivity contribution in [3.63, 3.8) is 0 Å². The van der Waals surface area contributed by atoms with Crippen molar-refractivity contribution in [3.8, 4) is 0 Å². The number of allylic oxidation sites excluding steroid dienone is 1. The zero-order chi connectivity index (χ0) is 19.8. The summed E-state index contributed by atoms with van der Waals surface area (Å²) in [4.78, 5) is 37.3. The summed E-state index contributed by atoms with van der Waals surface area (Å²) in [5.41, 5.74) is -1.40. The van der Waals surface area contributed by atoms with Gasteiger partial charge in [0.2, 0.25) is 0 Å². The minimum atomic E-state index is -1.03. The Morgan fingerprint density at radius 3 is 2.48 bits per heavy atom. The van der Waals surface area contributed by atoms with Gasteiger partial charge in [0, 0.05) is 25.7 Å². The van der Waals surface area contributed by atoms with E-state index in [1.54, 1.807) is 0 Å². The molecule has 0 unspecified atom stereocenters. The number of cyclic esters (lactones) is 1. The van der Waals surface area contributed by atoms with Crippen LogP contribution in [-0.4, -0.2) is 64.7 Å². The third-order valence-electron chi connectivity index (χ3n) is 5.98. The summed E-state index contributed by atoms with van der Waals surface area (Å²) in [5, 5.41) is 0. The Morgan fingerprint density at radius 2 is 1.85 bits per heavy atom. The maximum Gasteiger partial charge on any atom is 0.314 e. The molecule has 8 heteroatoms. The molecule has 1 spiro atoms. The van der Waals surface area contributed by atoms with Crippen molar-refractivity contribution in [3.05, 3.63) is 11.6 Å². The second kappa shape index (κ2) is 7.43. The molecule has 0 aromatic heterocycles. The summed E-state index contributed by atoms with van der Waals surface area (Å²) >= 11 is 0. The molecule has 0 aromatic carbocycles. The van der Waals surface area contributed by atoms with Crippen molar-refractivity contribution in [2.24, 2.45) is 22.7 Å². The number of methoxy groups -OCH3 is 2. The van der Waals surface area contributed by atoms with Crippen LogP contribution in [-0.2, 0) is 38.1 Å². The normalized spacial score (nSPS) is 37.3. The number of ether oxygens (including phenoxy) is 5. The summed E-state index contributed by atoms with van der Waals surface area (Å²) in [6, 6.07) is 0. The van der Waals surface area contributed by atoms with Crippen LogP contribution in [0.1, 0.15) is 20.3 Å². The number of hydrogen-bond acceptors (Lipinski definition) is 8. The Bertz CT molecular complexity index is 654. The van der Waals surface area contributed by atoms with Crippen LogP contribution in [0.2, 0.25) is 0 Å². The van der Waals surface area contributed by atoms with Gasteiger partial charge in [-0.3, -0.25) is 14.4 Å². The first kappa shape index (κ1) is 20.1. The molecule has 0 N–H and O–H groups in total. The smallest absolute Gasteiger partial charge is 0.314 e. The lowest BCUT2D eigenvalue weighted by atomic mass is 9.46. The number of carbonyl (C=O) groups is 3. The Hall–Kier alpha value is -1.61. The fourth-order valence-electron chi connectivity index (χ4n) is 5.29. The molecule has 3 aliphatic rings. The third-order valence-corrected chi connectivity index (χ3v) is 5.98. The lowest BCUT2D eigenvalue weighted by molar-refractivity contribution is -0.247. The van der Waals surface area contributed by atoms with Gasteiger partial charge in [-0.15, -0.1) is 0 Å². The van der Waals surface area contributed by atoms with Gasteiger partial charge < -0.3 is 23.7 Å². The largest absolute Gasteiger partial charge is 0.464 e. The van der Waals surface area contributed by atoms with E-state index in [2.05, 4.69) is 0 Å². The van der Waals surface area contributed by atoms with E-state index in [0.29, 0.717) is 12.7 Å². The monoisotopic (exact) mass is 382 g/mol. The van der Waals surface area contributed by atoms with Gasteiger partial charge in [0.15, 0.2) is 5.78 Å². The van der Waals surface area contributed by atoms with Crippen LogP contribution in [0.15, 0.2) is 11.6 Å². The average Bonchev–Trinajstić information content (AvgIpc) is 2.95. The standard InChI is InChI=1S/C19H26O8/c1-18(2)6-13(26-9-23-3)16(27-10-24-4)19-8-25-17(22)14(19)11(7-20)5-12(21)15(18)19/h5,7,13-16H,6,8-10H2,1-4H3/t13-,14+,15-,16-,19+/m0/s1. The Labute approximate surface area is 158 Å². The van der Waals surface area contributed by atoms with Crippen LogP contribution < -0.4 is 0 Å². The zero-order valence-electron chi connectivity index (χ0n) is 16.1. The summed E-state index contributed by atoms with van der Waals surface area (Å²) in [5.74, 6) is -2.12. The van der Waals surface area contributed by atoms with Gasteiger partial charge in [-0.25, -0.2) is 0 Å². The number of esters is 1. The maximum atomic E-state index is 13.0. The van der Waals surface area contributed by atoms with Crippen LogP contribution in [0.4, 0.5) is 0 Å². The van der Waals surface area contributed by atoms with E-state index in [1.165, 1.54) is 20.3 Å². The van der Waals surface area contributed by atoms with Gasteiger partial charge in [-0.1, -0.05) is 13.8 Å². The fourth-order valence-corrected chi connectivity index (χ4v) is 5.29. The highest BCUT2D eigenvalue weighted by Crippen LogP contribution is 2.62. The zero-order valence-corrected chi connectivity index (χ0v) is 16.1. The molecule has 2 fully saturated rings. The van der Waals surface area contributed by atoms with Crippen molar-refractivity contribution < 1.29 is 38.1 Å². The number of rotatable bonds is 7. The Balaban J connectivity index is 2.16. The lowest BCUT2D eigenvalue weighted by Gasteiger charge is -2.57. The van der Waals surface area contributed by atoms with Crippen LogP contribution in [0.5, 0.6) is 0 Å². The predicted octanol–water partition coefficient (Wildman–Crippen LogP) is 0.878. The van der Waals surface area contributed by atoms with E-state index < -0.39 is 40.8 Å². The van der Waals surface area contributed by atoms with Gasteiger partial charge in [0.05, 0.1) is 23.5 Å². The highest BCUT2D eigenvalue weighted by atomic mass is 16.7. The summed E-state index contributed by atoms with van der Waals surface area (Å²) in [6.45, 7) is 3.92. The number of carbonyl (C=O) groups excluding carboxylic acids is 3. The molecule has 1 aliphatic heterocycles. The lowest BCUT2D eigenvalue weighted by Crippen LogP contribution is -2.66. The molecule has 1 heterocycles. The van der Waals surface area contributed by atoms with Crippen LogP contribution in [0, 0.1) is 22.7 Å². The second-order valence-electron chi connectivity index (χ2n) is 8.05. The molecule has 0 amide bonds.